The van der Waals surface area contributed by atoms with E-state index in [2.05, 4.69) is 34.9 Å². The number of piperidine rings is 1. The van der Waals surface area contributed by atoms with Crippen molar-refractivity contribution in [2.45, 2.75) is 37.9 Å². The second-order valence-electron chi connectivity index (χ2n) is 7.97. The molecule has 1 aliphatic rings. The van der Waals surface area contributed by atoms with E-state index < -0.39 is 0 Å². The van der Waals surface area contributed by atoms with Crippen LogP contribution in [0, 0.1) is 5.92 Å². The molecule has 6 nitrogen and oxygen atoms in total. The van der Waals surface area contributed by atoms with Crippen molar-refractivity contribution in [1.82, 2.24) is 14.5 Å². The number of imidazole rings is 1. The van der Waals surface area contributed by atoms with Crippen molar-refractivity contribution >= 4 is 34.7 Å². The first-order valence-electron chi connectivity index (χ1n) is 11.2. The minimum atomic E-state index is -0.138. The molecule has 4 rings (SSSR count). The molecule has 168 valence electrons. The van der Waals surface area contributed by atoms with Crippen LogP contribution in [0.2, 0.25) is 0 Å². The van der Waals surface area contributed by atoms with Gasteiger partial charge in [-0.15, -0.1) is 0 Å². The van der Waals surface area contributed by atoms with Gasteiger partial charge in [0.05, 0.1) is 29.3 Å². The summed E-state index contributed by atoms with van der Waals surface area (Å²) < 4.78 is 7.34. The Hall–Kier alpha value is -2.80. The van der Waals surface area contributed by atoms with Crippen molar-refractivity contribution in [1.29, 1.82) is 0 Å². The van der Waals surface area contributed by atoms with E-state index in [0.29, 0.717) is 38.3 Å². The van der Waals surface area contributed by atoms with Crippen molar-refractivity contribution in [3.63, 3.8) is 0 Å². The lowest BCUT2D eigenvalue weighted by Gasteiger charge is -2.30. The maximum Gasteiger partial charge on any atom is 0.309 e. The molecule has 0 bridgehead atoms. The molecule has 0 radical (unpaired) electrons. The van der Waals surface area contributed by atoms with Gasteiger partial charge in [0, 0.05) is 19.6 Å². The van der Waals surface area contributed by atoms with Crippen LogP contribution in [-0.4, -0.2) is 51.8 Å². The van der Waals surface area contributed by atoms with E-state index in [-0.39, 0.29) is 17.8 Å². The van der Waals surface area contributed by atoms with Gasteiger partial charge in [0.2, 0.25) is 5.91 Å². The monoisotopic (exact) mass is 451 g/mol. The van der Waals surface area contributed by atoms with Gasteiger partial charge in [-0.3, -0.25) is 9.59 Å². The van der Waals surface area contributed by atoms with Crippen LogP contribution in [-0.2, 0) is 27.3 Å². The Morgan fingerprint density at radius 2 is 1.78 bits per heavy atom. The van der Waals surface area contributed by atoms with E-state index in [1.165, 1.54) is 17.3 Å². The molecule has 1 aliphatic heterocycles. The Morgan fingerprint density at radius 3 is 2.53 bits per heavy atom. The summed E-state index contributed by atoms with van der Waals surface area (Å²) in [6, 6.07) is 18.5. The lowest BCUT2D eigenvalue weighted by molar-refractivity contribution is -0.151. The van der Waals surface area contributed by atoms with Gasteiger partial charge in [0.25, 0.3) is 0 Å². The SMILES string of the molecule is CCOC(=O)C1CCN(C(=O)CSc2nc3ccccc3n2CCc2ccccc2)CC1. The fraction of sp³-hybridized carbons (Fsp3) is 0.400. The van der Waals surface area contributed by atoms with Gasteiger partial charge in [-0.25, -0.2) is 4.98 Å². The van der Waals surface area contributed by atoms with E-state index in [9.17, 15) is 9.59 Å². The number of carbonyl (C=O) groups excluding carboxylic acids is 2. The molecule has 1 amide bonds. The summed E-state index contributed by atoms with van der Waals surface area (Å²) in [7, 11) is 0. The highest BCUT2D eigenvalue weighted by atomic mass is 32.2. The number of fused-ring (bicyclic) bond motifs is 1. The van der Waals surface area contributed by atoms with Gasteiger partial charge in [0.1, 0.15) is 0 Å². The fourth-order valence-electron chi connectivity index (χ4n) is 4.11. The van der Waals surface area contributed by atoms with Crippen molar-refractivity contribution < 1.29 is 14.3 Å². The maximum absolute atomic E-state index is 12.8. The number of benzene rings is 2. The quantitative estimate of drug-likeness (QED) is 0.380. The molecule has 1 fully saturated rings. The van der Waals surface area contributed by atoms with Crippen LogP contribution in [0.3, 0.4) is 0 Å². The number of nitrogens with zero attached hydrogens (tertiary/aromatic N) is 3. The van der Waals surface area contributed by atoms with Gasteiger partial charge in [-0.1, -0.05) is 54.2 Å². The van der Waals surface area contributed by atoms with Crippen LogP contribution in [0.5, 0.6) is 0 Å². The summed E-state index contributed by atoms with van der Waals surface area (Å²) in [6.07, 6.45) is 2.25. The van der Waals surface area contributed by atoms with Gasteiger partial charge < -0.3 is 14.2 Å². The number of para-hydroxylation sites is 2. The zero-order chi connectivity index (χ0) is 22.3. The molecule has 7 heteroatoms. The maximum atomic E-state index is 12.8. The van der Waals surface area contributed by atoms with Crippen LogP contribution < -0.4 is 0 Å². The standard InChI is InChI=1S/C25H29N3O3S/c1-2-31-24(30)20-13-15-27(16-14-20)23(29)18-32-25-26-21-10-6-7-11-22(21)28(25)17-12-19-8-4-3-5-9-19/h3-11,20H,2,12-18H2,1H3. The number of ether oxygens (including phenoxy) is 1. The highest BCUT2D eigenvalue weighted by molar-refractivity contribution is 7.99. The van der Waals surface area contributed by atoms with E-state index in [0.717, 1.165) is 29.2 Å². The fourth-order valence-corrected chi connectivity index (χ4v) is 5.05. The third kappa shape index (κ3) is 5.33. The summed E-state index contributed by atoms with van der Waals surface area (Å²) >= 11 is 1.49. The highest BCUT2D eigenvalue weighted by Gasteiger charge is 2.28. The zero-order valence-corrected chi connectivity index (χ0v) is 19.2. The molecule has 2 heterocycles. The first kappa shape index (κ1) is 22.4. The second-order valence-corrected chi connectivity index (χ2v) is 8.91. The van der Waals surface area contributed by atoms with Crippen molar-refractivity contribution in [3.8, 4) is 0 Å². The Morgan fingerprint density at radius 1 is 1.06 bits per heavy atom. The first-order valence-corrected chi connectivity index (χ1v) is 12.2. The second kappa shape index (κ2) is 10.7. The number of rotatable bonds is 8. The molecule has 1 aromatic heterocycles. The number of aromatic nitrogens is 2. The highest BCUT2D eigenvalue weighted by Crippen LogP contribution is 2.26. The predicted octanol–water partition coefficient (Wildman–Crippen LogP) is 4.17. The van der Waals surface area contributed by atoms with E-state index >= 15 is 0 Å². The average molecular weight is 452 g/mol. The third-order valence-electron chi connectivity index (χ3n) is 5.88. The molecule has 0 spiro atoms. The topological polar surface area (TPSA) is 64.4 Å². The molecule has 0 saturated carbocycles. The number of amides is 1. The number of aryl methyl sites for hydroxylation is 2. The number of thioether (sulfide) groups is 1. The van der Waals surface area contributed by atoms with Gasteiger partial charge in [-0.2, -0.15) is 0 Å². The van der Waals surface area contributed by atoms with Crippen molar-refractivity contribution in [2.24, 2.45) is 5.92 Å². The van der Waals surface area contributed by atoms with E-state index in [1.54, 1.807) is 0 Å². The molecule has 2 aromatic carbocycles. The normalized spacial score (nSPS) is 14.6. The summed E-state index contributed by atoms with van der Waals surface area (Å²) in [4.78, 5) is 31.4. The van der Waals surface area contributed by atoms with Crippen LogP contribution in [0.15, 0.2) is 59.8 Å². The van der Waals surface area contributed by atoms with Crippen LogP contribution >= 0.6 is 11.8 Å². The number of carbonyl (C=O) groups is 2. The van der Waals surface area contributed by atoms with Gasteiger partial charge >= 0.3 is 5.97 Å². The third-order valence-corrected chi connectivity index (χ3v) is 6.84. The van der Waals surface area contributed by atoms with Crippen LogP contribution in [0.4, 0.5) is 0 Å². The minimum Gasteiger partial charge on any atom is -0.466 e. The average Bonchev–Trinajstić information content (AvgIpc) is 3.19. The van der Waals surface area contributed by atoms with Crippen LogP contribution in [0.25, 0.3) is 11.0 Å². The molecule has 0 atom stereocenters. The lowest BCUT2D eigenvalue weighted by Crippen LogP contribution is -2.41. The van der Waals surface area contributed by atoms with Gasteiger partial charge in [-0.05, 0) is 43.9 Å². The molecular formula is C25H29N3O3S. The van der Waals surface area contributed by atoms with E-state index in [4.69, 9.17) is 9.72 Å². The largest absolute Gasteiger partial charge is 0.466 e. The molecule has 0 N–H and O–H groups in total. The molecule has 1 saturated heterocycles. The Labute approximate surface area is 193 Å². The molecule has 32 heavy (non-hydrogen) atoms. The number of hydrogen-bond donors (Lipinski definition) is 0. The minimum absolute atomic E-state index is 0.0890. The molecule has 0 unspecified atom stereocenters. The Bertz CT molecular complexity index is 1060. The smallest absolute Gasteiger partial charge is 0.309 e. The van der Waals surface area contributed by atoms with Crippen molar-refractivity contribution in [3.05, 3.63) is 60.2 Å². The summed E-state index contributed by atoms with van der Waals surface area (Å²) in [6.45, 7) is 4.24. The molecule has 0 aliphatic carbocycles. The lowest BCUT2D eigenvalue weighted by atomic mass is 9.97. The van der Waals surface area contributed by atoms with E-state index in [1.807, 2.05) is 36.1 Å². The number of esters is 1. The Balaban J connectivity index is 1.38. The first-order chi connectivity index (χ1) is 15.7. The summed E-state index contributed by atoms with van der Waals surface area (Å²) in [5.74, 6) is 0.215. The molecule has 3 aromatic rings. The van der Waals surface area contributed by atoms with Crippen molar-refractivity contribution in [2.75, 3.05) is 25.4 Å². The summed E-state index contributed by atoms with van der Waals surface area (Å²) in [5.41, 5.74) is 3.32. The van der Waals surface area contributed by atoms with Crippen LogP contribution in [0.1, 0.15) is 25.3 Å². The number of likely N-dealkylation sites (tertiary alicyclic amines) is 1. The van der Waals surface area contributed by atoms with Gasteiger partial charge in [0.15, 0.2) is 5.16 Å². The summed E-state index contributed by atoms with van der Waals surface area (Å²) in [5, 5.41) is 0.872. The zero-order valence-electron chi connectivity index (χ0n) is 18.4. The molecular weight excluding hydrogens is 422 g/mol. The number of hydrogen-bond acceptors (Lipinski definition) is 5. The predicted molar refractivity (Wildman–Crippen MR) is 127 cm³/mol. The Kier molecular flexibility index (Phi) is 7.47.